The number of nitrogens with zero attached hydrogens (tertiary/aromatic N) is 7. The maximum atomic E-state index is 13.6. The second-order valence-electron chi connectivity index (χ2n) is 12.0. The van der Waals surface area contributed by atoms with Crippen molar-refractivity contribution in [2.45, 2.75) is 63.1 Å². The van der Waals surface area contributed by atoms with Crippen LogP contribution in [0.2, 0.25) is 0 Å². The number of rotatable bonds is 7. The van der Waals surface area contributed by atoms with Crippen LogP contribution in [0.1, 0.15) is 36.2 Å². The molecule has 0 bridgehead atoms. The van der Waals surface area contributed by atoms with Crippen molar-refractivity contribution in [3.63, 3.8) is 0 Å². The molecular formula is C30H31FN8O3. The summed E-state index contributed by atoms with van der Waals surface area (Å²) in [5.41, 5.74) is 4.00. The molecule has 2 unspecified atom stereocenters. The van der Waals surface area contributed by atoms with E-state index in [1.54, 1.807) is 23.9 Å². The Kier molecular flexibility index (Phi) is 5.55. The highest BCUT2D eigenvalue weighted by Crippen LogP contribution is 2.54. The molecule has 2 N–H and O–H groups in total. The van der Waals surface area contributed by atoms with Gasteiger partial charge in [0.2, 0.25) is 0 Å². The summed E-state index contributed by atoms with van der Waals surface area (Å²) in [6, 6.07) is 5.70. The molecule has 4 aromatic heterocycles. The van der Waals surface area contributed by atoms with Gasteiger partial charge in [-0.25, -0.2) is 8.91 Å². The average Bonchev–Trinajstić information content (AvgIpc) is 3.54. The van der Waals surface area contributed by atoms with Crippen molar-refractivity contribution in [3.05, 3.63) is 59.6 Å². The van der Waals surface area contributed by atoms with E-state index in [4.69, 9.17) is 19.8 Å². The monoisotopic (exact) mass is 570 g/mol. The Morgan fingerprint density at radius 3 is 2.69 bits per heavy atom. The van der Waals surface area contributed by atoms with Crippen LogP contribution in [-0.2, 0) is 18.7 Å². The maximum absolute atomic E-state index is 13.6. The molecule has 216 valence electrons. The molecule has 5 heterocycles. The van der Waals surface area contributed by atoms with Crippen LogP contribution in [-0.4, -0.2) is 66.2 Å². The van der Waals surface area contributed by atoms with E-state index >= 15 is 0 Å². The van der Waals surface area contributed by atoms with Crippen molar-refractivity contribution in [3.8, 4) is 28.9 Å². The van der Waals surface area contributed by atoms with Gasteiger partial charge in [0, 0.05) is 43.4 Å². The maximum Gasteiger partial charge on any atom is 0.179 e. The van der Waals surface area contributed by atoms with Crippen LogP contribution in [0.4, 0.5) is 4.39 Å². The molecule has 3 fully saturated rings. The van der Waals surface area contributed by atoms with Crippen LogP contribution in [0, 0.1) is 36.0 Å². The molecular weight excluding hydrogens is 539 g/mol. The van der Waals surface area contributed by atoms with Crippen molar-refractivity contribution in [1.29, 1.82) is 5.26 Å². The molecule has 8 rings (SSSR count). The average molecular weight is 571 g/mol. The molecule has 42 heavy (non-hydrogen) atoms. The van der Waals surface area contributed by atoms with Gasteiger partial charge in [-0.05, 0) is 55.4 Å². The van der Waals surface area contributed by atoms with Gasteiger partial charge in [0.1, 0.15) is 11.9 Å². The largest absolute Gasteiger partial charge is 0.493 e. The van der Waals surface area contributed by atoms with Crippen LogP contribution in [0.5, 0.6) is 11.5 Å². The first-order valence-corrected chi connectivity index (χ1v) is 14.4. The number of aliphatic hydroxyl groups is 1. The molecule has 3 aliphatic carbocycles. The highest BCUT2D eigenvalue weighted by molar-refractivity contribution is 5.75. The minimum atomic E-state index is -1.09. The summed E-state index contributed by atoms with van der Waals surface area (Å²) in [5, 5.41) is 32.1. The number of methoxy groups -OCH3 is 1. The summed E-state index contributed by atoms with van der Waals surface area (Å²) < 4.78 is 29.6. The van der Waals surface area contributed by atoms with Gasteiger partial charge in [-0.3, -0.25) is 14.6 Å². The lowest BCUT2D eigenvalue weighted by Gasteiger charge is -2.34. The van der Waals surface area contributed by atoms with Crippen LogP contribution in [0.15, 0.2) is 36.8 Å². The van der Waals surface area contributed by atoms with Gasteiger partial charge in [-0.2, -0.15) is 15.5 Å². The summed E-state index contributed by atoms with van der Waals surface area (Å²) in [4.78, 5) is 6.79. The second-order valence-corrected chi connectivity index (χ2v) is 12.0. The van der Waals surface area contributed by atoms with E-state index in [0.717, 1.165) is 55.5 Å². The number of ether oxygens (including phenoxy) is 2. The van der Waals surface area contributed by atoms with Crippen LogP contribution in [0.3, 0.4) is 0 Å². The molecule has 0 amide bonds. The third-order valence-corrected chi connectivity index (χ3v) is 9.80. The van der Waals surface area contributed by atoms with E-state index in [2.05, 4.69) is 38.1 Å². The molecule has 0 spiro atoms. The Balaban J connectivity index is 1.12. The van der Waals surface area contributed by atoms with Gasteiger partial charge in [0.15, 0.2) is 28.8 Å². The van der Waals surface area contributed by atoms with Crippen LogP contribution < -0.4 is 14.8 Å². The van der Waals surface area contributed by atoms with Gasteiger partial charge < -0.3 is 19.9 Å². The summed E-state index contributed by atoms with van der Waals surface area (Å²) in [6.07, 6.45) is 8.62. The molecule has 0 saturated heterocycles. The Morgan fingerprint density at radius 2 is 2.00 bits per heavy atom. The number of hydrogen-bond acceptors (Lipinski definition) is 9. The first-order valence-electron chi connectivity index (χ1n) is 14.4. The molecule has 4 aromatic rings. The van der Waals surface area contributed by atoms with Gasteiger partial charge in [-0.1, -0.05) is 0 Å². The summed E-state index contributed by atoms with van der Waals surface area (Å²) in [7, 11) is 1.57. The molecule has 4 atom stereocenters. The van der Waals surface area contributed by atoms with Crippen molar-refractivity contribution in [2.24, 2.45) is 11.8 Å². The fourth-order valence-electron chi connectivity index (χ4n) is 7.35. The van der Waals surface area contributed by atoms with Crippen molar-refractivity contribution >= 4 is 5.52 Å². The van der Waals surface area contributed by atoms with Crippen molar-refractivity contribution < 1.29 is 19.0 Å². The molecule has 0 radical (unpaired) electrons. The Bertz CT molecular complexity index is 1730. The Labute approximate surface area is 241 Å². The molecule has 1 aliphatic heterocycles. The topological polar surface area (TPSA) is 126 Å². The summed E-state index contributed by atoms with van der Waals surface area (Å²) in [5.74, 6) is 1.79. The number of halogens is 1. The fourth-order valence-corrected chi connectivity index (χ4v) is 7.35. The Hall–Kier alpha value is -4.21. The Morgan fingerprint density at radius 1 is 1.19 bits per heavy atom. The summed E-state index contributed by atoms with van der Waals surface area (Å²) in [6.45, 7) is 4.71. The molecule has 3 saturated carbocycles. The third-order valence-electron chi connectivity index (χ3n) is 9.80. The predicted octanol–water partition coefficient (Wildman–Crippen LogP) is 2.75. The fraction of sp³-hybridized carbons (Fsp3) is 0.467. The molecule has 12 heteroatoms. The van der Waals surface area contributed by atoms with Gasteiger partial charge >= 0.3 is 0 Å². The number of nitrogens with one attached hydrogen (secondary N) is 1. The SMILES string of the molecule is COc1cnn2cc(-c3nn4c(c3C)CN(C3CC5C(C3)C5NC#N)CC4)cc(O[C@@]3(c4ccc(F)cn4)C[C@@H]3O)c12. The molecule has 4 aliphatic rings. The van der Waals surface area contributed by atoms with E-state index in [9.17, 15) is 9.50 Å². The number of hydrogen-bond donors (Lipinski definition) is 2. The minimum absolute atomic E-state index is 0.336. The highest BCUT2D eigenvalue weighted by atomic mass is 19.1. The number of fused-ring (bicyclic) bond motifs is 3. The quantitative estimate of drug-likeness (QED) is 0.255. The number of aliphatic hydroxyl groups excluding tert-OH is 1. The van der Waals surface area contributed by atoms with E-state index in [0.29, 0.717) is 53.0 Å². The molecule has 11 nitrogen and oxygen atoms in total. The lowest BCUT2D eigenvalue weighted by atomic mass is 10.0. The third kappa shape index (κ3) is 3.80. The van der Waals surface area contributed by atoms with Crippen LogP contribution >= 0.6 is 0 Å². The normalized spacial score (nSPS) is 29.5. The number of aromatic nitrogens is 5. The zero-order chi connectivity index (χ0) is 28.7. The highest BCUT2D eigenvalue weighted by Gasteiger charge is 2.60. The minimum Gasteiger partial charge on any atom is -0.493 e. The first kappa shape index (κ1) is 25.5. The van der Waals surface area contributed by atoms with E-state index in [1.165, 1.54) is 11.8 Å². The zero-order valence-electron chi connectivity index (χ0n) is 23.4. The van der Waals surface area contributed by atoms with Crippen molar-refractivity contribution in [1.82, 2.24) is 34.6 Å². The molecule has 0 aromatic carbocycles. The zero-order valence-corrected chi connectivity index (χ0v) is 23.4. The van der Waals surface area contributed by atoms with Crippen LogP contribution in [0.25, 0.3) is 16.8 Å². The first-order chi connectivity index (χ1) is 20.4. The lowest BCUT2D eigenvalue weighted by molar-refractivity contribution is 0.105. The van der Waals surface area contributed by atoms with Gasteiger partial charge in [-0.15, -0.1) is 0 Å². The van der Waals surface area contributed by atoms with Gasteiger partial charge in [0.05, 0.1) is 43.1 Å². The number of pyridine rings is 2. The van der Waals surface area contributed by atoms with E-state index < -0.39 is 17.5 Å². The van der Waals surface area contributed by atoms with Gasteiger partial charge in [0.25, 0.3) is 0 Å². The smallest absolute Gasteiger partial charge is 0.179 e. The van der Waals surface area contributed by atoms with E-state index in [1.807, 2.05) is 12.3 Å². The predicted molar refractivity (Wildman–Crippen MR) is 148 cm³/mol. The van der Waals surface area contributed by atoms with Crippen molar-refractivity contribution in [2.75, 3.05) is 13.7 Å². The van der Waals surface area contributed by atoms with E-state index in [-0.39, 0.29) is 0 Å². The standard InChI is InChI=1S/C30H31FN8O3/c1-16-22-14-37(19-8-20-21(9-19)28(20)34-15-32)5-6-38(22)36-27(16)17-7-23(29-24(41-2)12-35-39(29)13-17)42-30(10-26(30)40)25-4-3-18(31)11-33-25/h3-4,7,11-13,19-21,26,28,34,40H,5-6,8-10,14H2,1-2H3/t19?,20?,21?,26-,28?,30+/m0/s1. The number of nitriles is 1. The lowest BCUT2D eigenvalue weighted by Crippen LogP contribution is -2.41. The second kappa shape index (κ2) is 9.14. The summed E-state index contributed by atoms with van der Waals surface area (Å²) >= 11 is 0.